The number of hydrogen-bond acceptors (Lipinski definition) is 8. The number of esters is 1. The first-order chi connectivity index (χ1) is 18.6. The van der Waals surface area contributed by atoms with Crippen molar-refractivity contribution < 1.29 is 49.1 Å². The van der Waals surface area contributed by atoms with Crippen molar-refractivity contribution in [3.63, 3.8) is 0 Å². The lowest BCUT2D eigenvalue weighted by atomic mass is 9.97. The van der Waals surface area contributed by atoms with Gasteiger partial charge in [0.2, 0.25) is 0 Å². The van der Waals surface area contributed by atoms with Crippen LogP contribution in [-0.4, -0.2) is 105 Å². The highest BCUT2D eigenvalue weighted by Crippen LogP contribution is 2.44. The van der Waals surface area contributed by atoms with Crippen molar-refractivity contribution in [1.82, 2.24) is 9.80 Å². The van der Waals surface area contributed by atoms with E-state index in [0.29, 0.717) is 12.6 Å². The van der Waals surface area contributed by atoms with Crippen LogP contribution in [-0.2, 0) is 28.7 Å². The monoisotopic (exact) mass is 542 g/mol. The van der Waals surface area contributed by atoms with Crippen LogP contribution in [0, 0.1) is 0 Å². The molecule has 0 spiro atoms. The average Bonchev–Trinajstić information content (AvgIpc) is 3.51. The molecule has 4 N–H and O–H groups in total. The molecule has 0 radical (unpaired) electrons. The van der Waals surface area contributed by atoms with E-state index >= 15 is 0 Å². The minimum atomic E-state index is -1.82. The van der Waals surface area contributed by atoms with Gasteiger partial charge in [-0.3, -0.25) is 14.6 Å². The third-order valence-corrected chi connectivity index (χ3v) is 6.76. The van der Waals surface area contributed by atoms with Crippen molar-refractivity contribution in [2.75, 3.05) is 39.3 Å². The maximum absolute atomic E-state index is 12.9. The van der Waals surface area contributed by atoms with Gasteiger partial charge in [-0.2, -0.15) is 0 Å². The molecule has 2 aromatic rings. The SMILES string of the molecule is O=C(O)C(=O)O.O=C(O)C(=O)O.O=C(OCCN1CCN2CCCC2C1)C1c2ccccc2-c2ccccc21. The maximum Gasteiger partial charge on any atom is 0.414 e. The zero-order valence-corrected chi connectivity index (χ0v) is 21.1. The molecule has 2 aliphatic heterocycles. The Bertz CT molecular complexity index is 1140. The van der Waals surface area contributed by atoms with Crippen molar-refractivity contribution in [3.8, 4) is 11.1 Å². The summed E-state index contributed by atoms with van der Waals surface area (Å²) in [6.45, 7) is 5.93. The summed E-state index contributed by atoms with van der Waals surface area (Å²) in [5.74, 6) is -7.70. The summed E-state index contributed by atoms with van der Waals surface area (Å²) in [6.07, 6.45) is 2.64. The van der Waals surface area contributed by atoms with Gasteiger partial charge in [0, 0.05) is 32.2 Å². The number of nitrogens with zero attached hydrogens (tertiary/aromatic N) is 2. The Balaban J connectivity index is 0.000000296. The molecule has 0 bridgehead atoms. The number of aliphatic carboxylic acids is 4. The maximum atomic E-state index is 12.9. The summed E-state index contributed by atoms with van der Waals surface area (Å²) >= 11 is 0. The number of carbonyl (C=O) groups excluding carboxylic acids is 1. The van der Waals surface area contributed by atoms with Crippen LogP contribution in [0.3, 0.4) is 0 Å². The summed E-state index contributed by atoms with van der Waals surface area (Å²) in [7, 11) is 0. The third kappa shape index (κ3) is 7.62. The van der Waals surface area contributed by atoms with Crippen LogP contribution in [0.2, 0.25) is 0 Å². The van der Waals surface area contributed by atoms with Crippen LogP contribution in [0.25, 0.3) is 11.1 Å². The first kappa shape index (κ1) is 29.3. The van der Waals surface area contributed by atoms with Crippen LogP contribution in [0.1, 0.15) is 29.9 Å². The number of piperazine rings is 1. The molecule has 5 rings (SSSR count). The molecule has 2 aromatic carbocycles. The van der Waals surface area contributed by atoms with Gasteiger partial charge in [-0.15, -0.1) is 0 Å². The smallest absolute Gasteiger partial charge is 0.414 e. The number of rotatable bonds is 4. The molecule has 0 saturated carbocycles. The van der Waals surface area contributed by atoms with Gasteiger partial charge < -0.3 is 25.2 Å². The summed E-state index contributed by atoms with van der Waals surface area (Å²) < 4.78 is 5.76. The van der Waals surface area contributed by atoms with Crippen LogP contribution < -0.4 is 0 Å². The normalized spacial score (nSPS) is 17.7. The number of hydrogen-bond donors (Lipinski definition) is 4. The van der Waals surface area contributed by atoms with E-state index in [1.54, 1.807) is 0 Å². The van der Waals surface area contributed by atoms with E-state index < -0.39 is 23.9 Å². The number of carboxylic acid groups (broad SMARTS) is 4. The van der Waals surface area contributed by atoms with E-state index in [1.807, 2.05) is 24.3 Å². The van der Waals surface area contributed by atoms with E-state index in [9.17, 15) is 4.79 Å². The lowest BCUT2D eigenvalue weighted by molar-refractivity contribution is -0.159. The lowest BCUT2D eigenvalue weighted by Crippen LogP contribution is -2.50. The molecule has 1 atom stereocenters. The molecule has 1 aliphatic carbocycles. The first-order valence-corrected chi connectivity index (χ1v) is 12.3. The summed E-state index contributed by atoms with van der Waals surface area (Å²) in [5.41, 5.74) is 4.46. The Hall–Kier alpha value is -4.29. The molecule has 2 saturated heterocycles. The number of ether oxygens (including phenoxy) is 1. The molecule has 3 aliphatic rings. The average molecular weight is 543 g/mol. The van der Waals surface area contributed by atoms with Crippen molar-refractivity contribution in [2.24, 2.45) is 0 Å². The van der Waals surface area contributed by atoms with Crippen LogP contribution in [0.15, 0.2) is 48.5 Å². The number of carboxylic acids is 4. The highest BCUT2D eigenvalue weighted by molar-refractivity contribution is 6.27. The standard InChI is InChI=1S/C23H26N2O2.2C2H2O4/c26-23(27-15-14-24-12-13-25-11-5-6-17(25)16-24)22-20-9-3-1-7-18(20)19-8-2-4-10-21(19)22;2*3-1(4)2(5)6/h1-4,7-10,17,22H,5-6,11-16H2;2*(H,3,4)(H,5,6). The molecular formula is C27H30N2O10. The fourth-order valence-corrected chi connectivity index (χ4v) is 5.03. The first-order valence-electron chi connectivity index (χ1n) is 12.3. The Morgan fingerprint density at radius 1 is 0.744 bits per heavy atom. The number of fused-ring (bicyclic) bond motifs is 4. The molecule has 2 heterocycles. The van der Waals surface area contributed by atoms with Gasteiger partial charge in [-0.05, 0) is 41.6 Å². The minimum Gasteiger partial charge on any atom is -0.473 e. The Morgan fingerprint density at radius 3 is 1.77 bits per heavy atom. The fourth-order valence-electron chi connectivity index (χ4n) is 5.03. The molecule has 0 aromatic heterocycles. The number of carbonyl (C=O) groups is 5. The molecule has 2 fully saturated rings. The van der Waals surface area contributed by atoms with Crippen LogP contribution >= 0.6 is 0 Å². The van der Waals surface area contributed by atoms with Gasteiger partial charge in [0.05, 0.1) is 0 Å². The molecule has 208 valence electrons. The summed E-state index contributed by atoms with van der Waals surface area (Å²) in [5, 5.41) is 29.6. The van der Waals surface area contributed by atoms with Gasteiger partial charge in [-0.1, -0.05) is 48.5 Å². The predicted octanol–water partition coefficient (Wildman–Crippen LogP) is 1.43. The zero-order chi connectivity index (χ0) is 28.5. The highest BCUT2D eigenvalue weighted by atomic mass is 16.5. The second kappa shape index (κ2) is 13.5. The summed E-state index contributed by atoms with van der Waals surface area (Å²) in [4.78, 5) is 54.4. The van der Waals surface area contributed by atoms with E-state index in [4.69, 9.17) is 44.3 Å². The van der Waals surface area contributed by atoms with Crippen molar-refractivity contribution in [2.45, 2.75) is 24.8 Å². The van der Waals surface area contributed by atoms with Gasteiger partial charge >= 0.3 is 29.8 Å². The quantitative estimate of drug-likeness (QED) is 0.323. The Morgan fingerprint density at radius 2 is 1.26 bits per heavy atom. The van der Waals surface area contributed by atoms with Gasteiger partial charge in [0.15, 0.2) is 0 Å². The van der Waals surface area contributed by atoms with Crippen LogP contribution in [0.5, 0.6) is 0 Å². The zero-order valence-electron chi connectivity index (χ0n) is 21.1. The second-order valence-corrected chi connectivity index (χ2v) is 9.13. The highest BCUT2D eigenvalue weighted by Gasteiger charge is 2.35. The van der Waals surface area contributed by atoms with E-state index in [0.717, 1.165) is 48.4 Å². The molecular weight excluding hydrogens is 512 g/mol. The fraction of sp³-hybridized carbons (Fsp3) is 0.370. The van der Waals surface area contributed by atoms with E-state index in [2.05, 4.69) is 34.1 Å². The van der Waals surface area contributed by atoms with E-state index in [-0.39, 0.29) is 11.9 Å². The van der Waals surface area contributed by atoms with Gasteiger partial charge in [0.1, 0.15) is 12.5 Å². The van der Waals surface area contributed by atoms with Crippen molar-refractivity contribution >= 4 is 29.8 Å². The Kier molecular flexibility index (Phi) is 10.1. The molecule has 12 nitrogen and oxygen atoms in total. The topological polar surface area (TPSA) is 182 Å². The summed E-state index contributed by atoms with van der Waals surface area (Å²) in [6, 6.07) is 17.1. The van der Waals surface area contributed by atoms with Crippen molar-refractivity contribution in [3.05, 3.63) is 59.7 Å². The lowest BCUT2D eigenvalue weighted by Gasteiger charge is -2.37. The second-order valence-electron chi connectivity index (χ2n) is 9.13. The molecule has 0 amide bonds. The van der Waals surface area contributed by atoms with E-state index in [1.165, 1.54) is 19.4 Å². The predicted molar refractivity (Wildman–Crippen MR) is 136 cm³/mol. The van der Waals surface area contributed by atoms with Gasteiger partial charge in [0.25, 0.3) is 0 Å². The third-order valence-electron chi connectivity index (χ3n) is 6.76. The van der Waals surface area contributed by atoms with Gasteiger partial charge in [-0.25, -0.2) is 19.2 Å². The molecule has 39 heavy (non-hydrogen) atoms. The Labute approximate surface area is 224 Å². The number of benzene rings is 2. The molecule has 1 unspecified atom stereocenters. The largest absolute Gasteiger partial charge is 0.473 e. The van der Waals surface area contributed by atoms with Crippen LogP contribution in [0.4, 0.5) is 0 Å². The minimum absolute atomic E-state index is 0.119. The van der Waals surface area contributed by atoms with Crippen molar-refractivity contribution in [1.29, 1.82) is 0 Å². The molecule has 12 heteroatoms.